The number of allylic oxidation sites excluding steroid dienone is 2. The van der Waals surface area contributed by atoms with E-state index in [-0.39, 0.29) is 0 Å². The predicted octanol–water partition coefficient (Wildman–Crippen LogP) is 2.89. The SMILES string of the molecule is CC=c1cc(Cl)cc/c1=C(C)/C=C\C. The van der Waals surface area contributed by atoms with E-state index < -0.39 is 0 Å². The Hall–Kier alpha value is -1.01. The van der Waals surface area contributed by atoms with E-state index in [2.05, 4.69) is 25.1 Å². The number of rotatable bonds is 1. The van der Waals surface area contributed by atoms with Gasteiger partial charge in [0.25, 0.3) is 0 Å². The third kappa shape index (κ3) is 2.49. The van der Waals surface area contributed by atoms with Crippen molar-refractivity contribution in [1.29, 1.82) is 0 Å². The van der Waals surface area contributed by atoms with Gasteiger partial charge in [-0.2, -0.15) is 0 Å². The standard InChI is InChI=1S/C13H15Cl/c1-4-6-10(3)13-8-7-12(14)9-11(13)5-2/h4-9H,1-3H3/b6-4-,11-5?,13-10-. The molecule has 1 aromatic rings. The lowest BCUT2D eigenvalue weighted by atomic mass is 10.1. The molecule has 1 heteroatoms. The van der Waals surface area contributed by atoms with E-state index in [0.29, 0.717) is 0 Å². The van der Waals surface area contributed by atoms with Crippen LogP contribution in [-0.4, -0.2) is 0 Å². The molecule has 0 bridgehead atoms. The molecule has 0 unspecified atom stereocenters. The third-order valence-electron chi connectivity index (χ3n) is 2.17. The highest BCUT2D eigenvalue weighted by Crippen LogP contribution is 2.01. The van der Waals surface area contributed by atoms with Crippen molar-refractivity contribution in [3.05, 3.63) is 45.8 Å². The molecule has 0 aromatic heterocycles. The molecule has 0 saturated heterocycles. The maximum absolute atomic E-state index is 5.93. The van der Waals surface area contributed by atoms with E-state index in [0.717, 1.165) is 5.02 Å². The lowest BCUT2D eigenvalue weighted by molar-refractivity contribution is 1.46. The summed E-state index contributed by atoms with van der Waals surface area (Å²) in [6, 6.07) is 5.98. The van der Waals surface area contributed by atoms with E-state index in [4.69, 9.17) is 11.6 Å². The Labute approximate surface area is 90.2 Å². The molecule has 0 amide bonds. The maximum Gasteiger partial charge on any atom is 0.0412 e. The molecule has 0 aliphatic rings. The minimum atomic E-state index is 0.787. The maximum atomic E-state index is 5.93. The lowest BCUT2D eigenvalue weighted by Crippen LogP contribution is -2.25. The molecular weight excluding hydrogens is 192 g/mol. The summed E-state index contributed by atoms with van der Waals surface area (Å²) < 4.78 is 0. The first-order chi connectivity index (χ1) is 6.69. The summed E-state index contributed by atoms with van der Waals surface area (Å²) >= 11 is 5.93. The van der Waals surface area contributed by atoms with E-state index in [1.54, 1.807) is 0 Å². The van der Waals surface area contributed by atoms with Gasteiger partial charge in [0.05, 0.1) is 0 Å². The first-order valence-electron chi connectivity index (χ1n) is 4.74. The molecule has 0 aliphatic carbocycles. The Bertz CT molecular complexity index is 453. The molecule has 0 spiro atoms. The van der Waals surface area contributed by atoms with Gasteiger partial charge in [0.2, 0.25) is 0 Å². The zero-order valence-electron chi connectivity index (χ0n) is 8.84. The van der Waals surface area contributed by atoms with Crippen molar-refractivity contribution >= 4 is 23.3 Å². The Morgan fingerprint density at radius 2 is 2.00 bits per heavy atom. The van der Waals surface area contributed by atoms with Gasteiger partial charge in [-0.25, -0.2) is 0 Å². The van der Waals surface area contributed by atoms with Crippen LogP contribution in [0.5, 0.6) is 0 Å². The van der Waals surface area contributed by atoms with Gasteiger partial charge in [0, 0.05) is 5.02 Å². The lowest BCUT2D eigenvalue weighted by Gasteiger charge is -1.96. The number of hydrogen-bond acceptors (Lipinski definition) is 0. The van der Waals surface area contributed by atoms with Crippen molar-refractivity contribution < 1.29 is 0 Å². The van der Waals surface area contributed by atoms with Crippen LogP contribution < -0.4 is 10.4 Å². The molecule has 0 atom stereocenters. The summed E-state index contributed by atoms with van der Waals surface area (Å²) in [7, 11) is 0. The molecule has 0 radical (unpaired) electrons. The molecule has 0 fully saturated rings. The zero-order valence-corrected chi connectivity index (χ0v) is 9.60. The largest absolute Gasteiger partial charge is 0.0874 e. The minimum Gasteiger partial charge on any atom is -0.0874 e. The smallest absolute Gasteiger partial charge is 0.0412 e. The quantitative estimate of drug-likeness (QED) is 0.663. The second kappa shape index (κ2) is 5.02. The molecule has 0 aliphatic heterocycles. The van der Waals surface area contributed by atoms with Gasteiger partial charge in [-0.1, -0.05) is 35.9 Å². The average molecular weight is 207 g/mol. The van der Waals surface area contributed by atoms with E-state index in [1.807, 2.05) is 32.1 Å². The minimum absolute atomic E-state index is 0.787. The fourth-order valence-corrected chi connectivity index (χ4v) is 1.65. The molecule has 1 aromatic carbocycles. The molecule has 0 N–H and O–H groups in total. The van der Waals surface area contributed by atoms with Crippen LogP contribution in [0.15, 0.2) is 30.4 Å². The normalized spacial score (nSPS) is 15.0. The van der Waals surface area contributed by atoms with Gasteiger partial charge in [-0.05, 0) is 48.9 Å². The molecule has 14 heavy (non-hydrogen) atoms. The van der Waals surface area contributed by atoms with Crippen LogP contribution in [0.25, 0.3) is 11.6 Å². The molecule has 1 rings (SSSR count). The number of hydrogen-bond donors (Lipinski definition) is 0. The summed E-state index contributed by atoms with van der Waals surface area (Å²) in [5.41, 5.74) is 1.26. The van der Waals surface area contributed by atoms with Gasteiger partial charge in [0.15, 0.2) is 0 Å². The van der Waals surface area contributed by atoms with Crippen LogP contribution in [0.4, 0.5) is 0 Å². The number of halogens is 1. The highest BCUT2D eigenvalue weighted by Gasteiger charge is 1.90. The van der Waals surface area contributed by atoms with Gasteiger partial charge >= 0.3 is 0 Å². The summed E-state index contributed by atoms with van der Waals surface area (Å²) in [6.45, 7) is 6.16. The summed E-state index contributed by atoms with van der Waals surface area (Å²) in [4.78, 5) is 0. The van der Waals surface area contributed by atoms with E-state index in [1.165, 1.54) is 16.0 Å². The first kappa shape index (κ1) is 11.1. The summed E-state index contributed by atoms with van der Waals surface area (Å²) in [6.07, 6.45) is 6.23. The van der Waals surface area contributed by atoms with Gasteiger partial charge < -0.3 is 0 Å². The summed E-state index contributed by atoms with van der Waals surface area (Å²) in [5.74, 6) is 0. The highest BCUT2D eigenvalue weighted by atomic mass is 35.5. The van der Waals surface area contributed by atoms with Gasteiger partial charge in [0.1, 0.15) is 0 Å². The van der Waals surface area contributed by atoms with Crippen LogP contribution in [0.1, 0.15) is 20.8 Å². The van der Waals surface area contributed by atoms with Crippen molar-refractivity contribution in [2.24, 2.45) is 0 Å². The Balaban J connectivity index is 3.58. The van der Waals surface area contributed by atoms with Crippen LogP contribution >= 0.6 is 11.6 Å². The fraction of sp³-hybridized carbons (Fsp3) is 0.231. The van der Waals surface area contributed by atoms with Crippen LogP contribution in [0.3, 0.4) is 0 Å². The van der Waals surface area contributed by atoms with Crippen molar-refractivity contribution in [1.82, 2.24) is 0 Å². The van der Waals surface area contributed by atoms with Crippen molar-refractivity contribution in [2.75, 3.05) is 0 Å². The third-order valence-corrected chi connectivity index (χ3v) is 2.40. The van der Waals surface area contributed by atoms with Crippen LogP contribution in [0, 0.1) is 0 Å². The molecule has 0 heterocycles. The zero-order chi connectivity index (χ0) is 10.6. The molecule has 74 valence electrons. The second-order valence-electron chi connectivity index (χ2n) is 3.20. The van der Waals surface area contributed by atoms with Crippen LogP contribution in [-0.2, 0) is 0 Å². The van der Waals surface area contributed by atoms with Crippen molar-refractivity contribution in [3.8, 4) is 0 Å². The predicted molar refractivity (Wildman–Crippen MR) is 64.7 cm³/mol. The summed E-state index contributed by atoms with van der Waals surface area (Å²) in [5, 5.41) is 3.22. The van der Waals surface area contributed by atoms with Crippen molar-refractivity contribution in [3.63, 3.8) is 0 Å². The van der Waals surface area contributed by atoms with Crippen LogP contribution in [0.2, 0.25) is 5.02 Å². The second-order valence-corrected chi connectivity index (χ2v) is 3.64. The Morgan fingerprint density at radius 3 is 2.57 bits per heavy atom. The Kier molecular flexibility index (Phi) is 3.97. The average Bonchev–Trinajstić information content (AvgIpc) is 2.17. The molecular formula is C13H15Cl. The molecule has 0 saturated carbocycles. The van der Waals surface area contributed by atoms with E-state index in [9.17, 15) is 0 Å². The highest BCUT2D eigenvalue weighted by molar-refractivity contribution is 6.30. The molecule has 0 nitrogen and oxygen atoms in total. The first-order valence-corrected chi connectivity index (χ1v) is 5.12. The topological polar surface area (TPSA) is 0 Å². The fourth-order valence-electron chi connectivity index (χ4n) is 1.47. The van der Waals surface area contributed by atoms with E-state index >= 15 is 0 Å². The van der Waals surface area contributed by atoms with Crippen molar-refractivity contribution in [2.45, 2.75) is 20.8 Å². The number of benzene rings is 1. The monoisotopic (exact) mass is 206 g/mol. The van der Waals surface area contributed by atoms with Gasteiger partial charge in [-0.3, -0.25) is 0 Å². The van der Waals surface area contributed by atoms with Gasteiger partial charge in [-0.15, -0.1) is 0 Å². The Morgan fingerprint density at radius 1 is 1.29 bits per heavy atom.